The fraction of sp³-hybridized carbons (Fsp3) is 0.105. The summed E-state index contributed by atoms with van der Waals surface area (Å²) in [7, 11) is 0. The standard InChI is InChI=1S/C19H15BrN4O/c1-2-24-10-14(18(23-24)12-6-4-3-5-7-12)19-13-8-15(20)17(25)9-16(13)21-11-22-19/h3-11,25H,2H2,1H3. The molecular formula is C19H15BrN4O. The van der Waals surface area contributed by atoms with E-state index in [2.05, 4.69) is 32.8 Å². The van der Waals surface area contributed by atoms with Crippen molar-refractivity contribution in [2.24, 2.45) is 0 Å². The maximum absolute atomic E-state index is 9.93. The second-order valence-electron chi connectivity index (χ2n) is 5.66. The molecule has 2 aromatic carbocycles. The number of rotatable bonds is 3. The third-order valence-electron chi connectivity index (χ3n) is 4.09. The van der Waals surface area contributed by atoms with Crippen LogP contribution in [0.25, 0.3) is 33.4 Å². The zero-order valence-corrected chi connectivity index (χ0v) is 15.1. The molecule has 0 saturated heterocycles. The number of hydrogen-bond acceptors (Lipinski definition) is 4. The van der Waals surface area contributed by atoms with Crippen LogP contribution < -0.4 is 0 Å². The Labute approximate surface area is 153 Å². The second-order valence-corrected chi connectivity index (χ2v) is 6.51. The van der Waals surface area contributed by atoms with Gasteiger partial charge in [-0.15, -0.1) is 0 Å². The Balaban J connectivity index is 2.01. The molecule has 0 amide bonds. The first-order chi connectivity index (χ1) is 12.2. The van der Waals surface area contributed by atoms with E-state index in [1.807, 2.05) is 47.3 Å². The number of aryl methyl sites for hydroxylation is 1. The van der Waals surface area contributed by atoms with E-state index in [9.17, 15) is 5.11 Å². The number of benzene rings is 2. The average molecular weight is 395 g/mol. The zero-order chi connectivity index (χ0) is 17.4. The van der Waals surface area contributed by atoms with Gasteiger partial charge in [0.05, 0.1) is 15.7 Å². The molecule has 0 aliphatic heterocycles. The Hall–Kier alpha value is -2.73. The van der Waals surface area contributed by atoms with Crippen LogP contribution in [0.15, 0.2) is 59.5 Å². The quantitative estimate of drug-likeness (QED) is 0.549. The third kappa shape index (κ3) is 2.78. The minimum atomic E-state index is 0.157. The highest BCUT2D eigenvalue weighted by atomic mass is 79.9. The largest absolute Gasteiger partial charge is 0.507 e. The van der Waals surface area contributed by atoms with Crippen LogP contribution in [0.1, 0.15) is 6.92 Å². The summed E-state index contributed by atoms with van der Waals surface area (Å²) in [5.41, 5.74) is 4.34. The highest BCUT2D eigenvalue weighted by Gasteiger charge is 2.17. The van der Waals surface area contributed by atoms with Crippen molar-refractivity contribution in [2.45, 2.75) is 13.5 Å². The number of phenols is 1. The molecule has 2 aromatic heterocycles. The molecule has 1 N–H and O–H groups in total. The Morgan fingerprint density at radius 1 is 1.08 bits per heavy atom. The molecule has 0 radical (unpaired) electrons. The van der Waals surface area contributed by atoms with Crippen molar-refractivity contribution in [2.75, 3.05) is 0 Å². The van der Waals surface area contributed by atoms with E-state index in [1.54, 1.807) is 6.07 Å². The summed E-state index contributed by atoms with van der Waals surface area (Å²) >= 11 is 3.38. The normalized spacial score (nSPS) is 11.1. The number of hydrogen-bond donors (Lipinski definition) is 1. The summed E-state index contributed by atoms with van der Waals surface area (Å²) in [6.07, 6.45) is 3.52. The molecule has 25 heavy (non-hydrogen) atoms. The van der Waals surface area contributed by atoms with Gasteiger partial charge in [0.15, 0.2) is 0 Å². The number of aromatic nitrogens is 4. The van der Waals surface area contributed by atoms with Crippen molar-refractivity contribution in [3.63, 3.8) is 0 Å². The van der Waals surface area contributed by atoms with Gasteiger partial charge in [0.1, 0.15) is 17.8 Å². The van der Waals surface area contributed by atoms with Gasteiger partial charge in [-0.05, 0) is 28.9 Å². The van der Waals surface area contributed by atoms with Crippen LogP contribution >= 0.6 is 15.9 Å². The smallest absolute Gasteiger partial charge is 0.131 e. The highest BCUT2D eigenvalue weighted by molar-refractivity contribution is 9.10. The summed E-state index contributed by atoms with van der Waals surface area (Å²) < 4.78 is 2.52. The van der Waals surface area contributed by atoms with Gasteiger partial charge in [0, 0.05) is 35.3 Å². The summed E-state index contributed by atoms with van der Waals surface area (Å²) in [4.78, 5) is 8.79. The zero-order valence-electron chi connectivity index (χ0n) is 13.5. The van der Waals surface area contributed by atoms with E-state index in [1.165, 1.54) is 6.33 Å². The van der Waals surface area contributed by atoms with Crippen LogP contribution in [0.5, 0.6) is 5.75 Å². The summed E-state index contributed by atoms with van der Waals surface area (Å²) in [6.45, 7) is 2.82. The lowest BCUT2D eigenvalue weighted by Gasteiger charge is -2.07. The molecule has 4 aromatic rings. The monoisotopic (exact) mass is 394 g/mol. The van der Waals surface area contributed by atoms with Crippen molar-refractivity contribution < 1.29 is 5.11 Å². The predicted octanol–water partition coefficient (Wildman–Crippen LogP) is 4.65. The van der Waals surface area contributed by atoms with E-state index in [0.29, 0.717) is 9.99 Å². The molecule has 4 rings (SSSR count). The third-order valence-corrected chi connectivity index (χ3v) is 4.73. The molecule has 0 saturated carbocycles. The number of phenolic OH excluding ortho intramolecular Hbond substituents is 1. The van der Waals surface area contributed by atoms with E-state index >= 15 is 0 Å². The van der Waals surface area contributed by atoms with Crippen LogP contribution in [0.2, 0.25) is 0 Å². The molecule has 0 fully saturated rings. The molecule has 2 heterocycles. The predicted molar refractivity (Wildman–Crippen MR) is 101 cm³/mol. The van der Waals surface area contributed by atoms with E-state index in [0.717, 1.165) is 34.4 Å². The van der Waals surface area contributed by atoms with Gasteiger partial charge in [0.25, 0.3) is 0 Å². The van der Waals surface area contributed by atoms with Crippen molar-refractivity contribution in [3.8, 4) is 28.3 Å². The minimum Gasteiger partial charge on any atom is -0.507 e. The Kier molecular flexibility index (Phi) is 3.97. The van der Waals surface area contributed by atoms with Crippen LogP contribution in [-0.2, 0) is 6.54 Å². The molecule has 124 valence electrons. The second kappa shape index (κ2) is 6.29. The molecule has 0 aliphatic rings. The van der Waals surface area contributed by atoms with Crippen LogP contribution in [0, 0.1) is 0 Å². The summed E-state index contributed by atoms with van der Waals surface area (Å²) in [6, 6.07) is 13.5. The lowest BCUT2D eigenvalue weighted by atomic mass is 10.0. The SMILES string of the molecule is CCn1cc(-c2ncnc3cc(O)c(Br)cc23)c(-c2ccccc2)n1. The number of aromatic hydroxyl groups is 1. The Bertz CT molecular complexity index is 1060. The fourth-order valence-electron chi connectivity index (χ4n) is 2.85. The first-order valence-corrected chi connectivity index (χ1v) is 8.73. The Morgan fingerprint density at radius 3 is 2.64 bits per heavy atom. The van der Waals surface area contributed by atoms with Gasteiger partial charge in [-0.3, -0.25) is 4.68 Å². The van der Waals surface area contributed by atoms with Crippen LogP contribution in [0.3, 0.4) is 0 Å². The van der Waals surface area contributed by atoms with Gasteiger partial charge < -0.3 is 5.11 Å². The maximum Gasteiger partial charge on any atom is 0.131 e. The van der Waals surface area contributed by atoms with Crippen molar-refractivity contribution in [3.05, 3.63) is 59.5 Å². The van der Waals surface area contributed by atoms with Gasteiger partial charge in [-0.25, -0.2) is 9.97 Å². The van der Waals surface area contributed by atoms with Gasteiger partial charge in [0.2, 0.25) is 0 Å². The lowest BCUT2D eigenvalue weighted by Crippen LogP contribution is -1.93. The average Bonchev–Trinajstić information content (AvgIpc) is 3.07. The van der Waals surface area contributed by atoms with Crippen molar-refractivity contribution in [1.82, 2.24) is 19.7 Å². The molecule has 0 unspecified atom stereocenters. The van der Waals surface area contributed by atoms with Crippen molar-refractivity contribution >= 4 is 26.8 Å². The maximum atomic E-state index is 9.93. The molecule has 5 nitrogen and oxygen atoms in total. The van der Waals surface area contributed by atoms with Gasteiger partial charge in [-0.1, -0.05) is 30.3 Å². The van der Waals surface area contributed by atoms with Crippen LogP contribution in [-0.4, -0.2) is 24.9 Å². The number of fused-ring (bicyclic) bond motifs is 1. The first-order valence-electron chi connectivity index (χ1n) is 7.94. The van der Waals surface area contributed by atoms with E-state index in [-0.39, 0.29) is 5.75 Å². The molecule has 0 aliphatic carbocycles. The van der Waals surface area contributed by atoms with Crippen LogP contribution in [0.4, 0.5) is 0 Å². The number of nitrogens with zero attached hydrogens (tertiary/aromatic N) is 4. The lowest BCUT2D eigenvalue weighted by molar-refractivity contribution is 0.472. The molecule has 0 atom stereocenters. The topological polar surface area (TPSA) is 63.8 Å². The minimum absolute atomic E-state index is 0.157. The molecule has 0 bridgehead atoms. The summed E-state index contributed by atoms with van der Waals surface area (Å²) in [5, 5.41) is 15.5. The van der Waals surface area contributed by atoms with Gasteiger partial charge in [-0.2, -0.15) is 5.10 Å². The first kappa shape index (κ1) is 15.8. The number of halogens is 1. The highest BCUT2D eigenvalue weighted by Crippen LogP contribution is 2.36. The fourth-order valence-corrected chi connectivity index (χ4v) is 3.19. The molecular weight excluding hydrogens is 380 g/mol. The molecule has 6 heteroatoms. The van der Waals surface area contributed by atoms with E-state index in [4.69, 9.17) is 5.10 Å². The van der Waals surface area contributed by atoms with Gasteiger partial charge >= 0.3 is 0 Å². The summed E-state index contributed by atoms with van der Waals surface area (Å²) in [5.74, 6) is 0.157. The Morgan fingerprint density at radius 2 is 1.88 bits per heavy atom. The van der Waals surface area contributed by atoms with Crippen molar-refractivity contribution in [1.29, 1.82) is 0 Å². The molecule has 0 spiro atoms. The van der Waals surface area contributed by atoms with E-state index < -0.39 is 0 Å².